The van der Waals surface area contributed by atoms with Crippen LogP contribution in [-0.2, 0) is 9.53 Å². The van der Waals surface area contributed by atoms with Crippen molar-refractivity contribution >= 4 is 5.91 Å². The molecular weight excluding hydrogens is 204 g/mol. The van der Waals surface area contributed by atoms with Gasteiger partial charge in [0.2, 0.25) is 5.91 Å². The molecule has 4 nitrogen and oxygen atoms in total. The van der Waals surface area contributed by atoms with Crippen LogP contribution in [0.4, 0.5) is 0 Å². The molecule has 4 heteroatoms. The van der Waals surface area contributed by atoms with Crippen LogP contribution >= 0.6 is 0 Å². The summed E-state index contributed by atoms with van der Waals surface area (Å²) in [6.45, 7) is 6.74. The van der Waals surface area contributed by atoms with Crippen LogP contribution in [0.25, 0.3) is 0 Å². The van der Waals surface area contributed by atoms with Crippen molar-refractivity contribution in [3.05, 3.63) is 0 Å². The maximum absolute atomic E-state index is 11.7. The Hall–Kier alpha value is -0.610. The molecule has 96 valence electrons. The minimum atomic E-state index is -0.391. The Bertz CT molecular complexity index is 195. The smallest absolute Gasteiger partial charge is 0.237 e. The second-order valence-corrected chi connectivity index (χ2v) is 4.56. The molecule has 0 saturated carbocycles. The Morgan fingerprint density at radius 1 is 1.44 bits per heavy atom. The molecule has 0 aromatic rings. The van der Waals surface area contributed by atoms with Gasteiger partial charge in [-0.15, -0.1) is 0 Å². The fraction of sp³-hybridized carbons (Fsp3) is 0.917. The lowest BCUT2D eigenvalue weighted by atomic mass is 10.0. The second-order valence-electron chi connectivity index (χ2n) is 4.56. The topological polar surface area (TPSA) is 64.4 Å². The zero-order valence-corrected chi connectivity index (χ0v) is 11.0. The van der Waals surface area contributed by atoms with Crippen molar-refractivity contribution in [2.45, 2.75) is 52.1 Å². The molecule has 0 aromatic carbocycles. The highest BCUT2D eigenvalue weighted by atomic mass is 16.5. The summed E-state index contributed by atoms with van der Waals surface area (Å²) in [5.41, 5.74) is 5.80. The van der Waals surface area contributed by atoms with Crippen molar-refractivity contribution in [2.24, 2.45) is 11.7 Å². The van der Waals surface area contributed by atoms with Crippen molar-refractivity contribution in [1.82, 2.24) is 5.32 Å². The van der Waals surface area contributed by atoms with Crippen LogP contribution in [0, 0.1) is 5.92 Å². The van der Waals surface area contributed by atoms with E-state index in [2.05, 4.69) is 26.1 Å². The number of nitrogens with one attached hydrogen (secondary N) is 1. The van der Waals surface area contributed by atoms with Crippen LogP contribution in [0.3, 0.4) is 0 Å². The van der Waals surface area contributed by atoms with Crippen molar-refractivity contribution < 1.29 is 9.53 Å². The number of unbranched alkanes of at least 4 members (excludes halogenated alkanes) is 1. The molecule has 3 N–H and O–H groups in total. The second kappa shape index (κ2) is 8.53. The first-order chi connectivity index (χ1) is 7.52. The average Bonchev–Trinajstić information content (AvgIpc) is 2.24. The predicted octanol–water partition coefficient (Wildman–Crippen LogP) is 1.29. The van der Waals surface area contributed by atoms with E-state index in [0.717, 1.165) is 19.3 Å². The molecule has 0 aromatic heterocycles. The molecule has 2 unspecified atom stereocenters. The van der Waals surface area contributed by atoms with Crippen LogP contribution in [0.5, 0.6) is 0 Å². The lowest BCUT2D eigenvalue weighted by molar-refractivity contribution is -0.124. The Labute approximate surface area is 98.9 Å². The van der Waals surface area contributed by atoms with Gasteiger partial charge >= 0.3 is 0 Å². The summed E-state index contributed by atoms with van der Waals surface area (Å²) in [6.07, 6.45) is 2.80. The number of carbonyl (C=O) groups is 1. The molecule has 0 saturated heterocycles. The van der Waals surface area contributed by atoms with E-state index in [1.807, 2.05) is 0 Å². The number of carbonyl (C=O) groups excluding carboxylic acids is 1. The van der Waals surface area contributed by atoms with E-state index in [4.69, 9.17) is 10.5 Å². The van der Waals surface area contributed by atoms with Gasteiger partial charge in [0, 0.05) is 7.11 Å². The summed E-state index contributed by atoms with van der Waals surface area (Å²) in [6, 6.07) is -0.344. The van der Waals surface area contributed by atoms with Gasteiger partial charge in [-0.2, -0.15) is 0 Å². The molecule has 0 spiro atoms. The summed E-state index contributed by atoms with van der Waals surface area (Å²) >= 11 is 0. The standard InChI is InChI=1S/C12H26N2O2/c1-5-6-7-10(13)12(15)14-11(8-16-4)9(2)3/h9-11H,5-8,13H2,1-4H3,(H,14,15). The first-order valence-corrected chi connectivity index (χ1v) is 6.07. The van der Waals surface area contributed by atoms with Gasteiger partial charge in [0.1, 0.15) is 0 Å². The zero-order valence-electron chi connectivity index (χ0n) is 11.0. The van der Waals surface area contributed by atoms with Crippen LogP contribution in [0.15, 0.2) is 0 Å². The third-order valence-corrected chi connectivity index (χ3v) is 2.68. The maximum atomic E-state index is 11.7. The van der Waals surface area contributed by atoms with Gasteiger partial charge in [-0.25, -0.2) is 0 Å². The van der Waals surface area contributed by atoms with Gasteiger partial charge in [-0.1, -0.05) is 33.6 Å². The van der Waals surface area contributed by atoms with Crippen LogP contribution in [0.1, 0.15) is 40.0 Å². The van der Waals surface area contributed by atoms with E-state index in [1.165, 1.54) is 0 Å². The summed E-state index contributed by atoms with van der Waals surface area (Å²) in [5, 5.41) is 2.94. The third kappa shape index (κ3) is 6.08. The van der Waals surface area contributed by atoms with Crippen LogP contribution in [0.2, 0.25) is 0 Å². The lowest BCUT2D eigenvalue weighted by Gasteiger charge is -2.23. The average molecular weight is 230 g/mol. The number of ether oxygens (including phenoxy) is 1. The molecular formula is C12H26N2O2. The quantitative estimate of drug-likeness (QED) is 0.660. The van der Waals surface area contributed by atoms with E-state index in [-0.39, 0.29) is 11.9 Å². The number of rotatable bonds is 8. The molecule has 0 bridgehead atoms. The van der Waals surface area contributed by atoms with E-state index in [9.17, 15) is 4.79 Å². The van der Waals surface area contributed by atoms with Crippen LogP contribution < -0.4 is 11.1 Å². The number of hydrogen-bond donors (Lipinski definition) is 2. The van der Waals surface area contributed by atoms with Gasteiger partial charge in [0.25, 0.3) is 0 Å². The normalized spacial score (nSPS) is 14.9. The number of amides is 1. The molecule has 0 fully saturated rings. The first-order valence-electron chi connectivity index (χ1n) is 6.07. The van der Waals surface area contributed by atoms with Crippen molar-refractivity contribution in [2.75, 3.05) is 13.7 Å². The Balaban J connectivity index is 4.07. The molecule has 0 aliphatic carbocycles. The summed E-state index contributed by atoms with van der Waals surface area (Å²) < 4.78 is 5.07. The molecule has 2 atom stereocenters. The number of methoxy groups -OCH3 is 1. The Morgan fingerprint density at radius 2 is 2.06 bits per heavy atom. The number of nitrogens with two attached hydrogens (primary N) is 1. The monoisotopic (exact) mass is 230 g/mol. The van der Waals surface area contributed by atoms with Crippen molar-refractivity contribution in [3.63, 3.8) is 0 Å². The first kappa shape index (κ1) is 15.4. The van der Waals surface area contributed by atoms with Gasteiger partial charge in [0.15, 0.2) is 0 Å². The molecule has 0 heterocycles. The van der Waals surface area contributed by atoms with Gasteiger partial charge in [-0.3, -0.25) is 4.79 Å². The summed E-state index contributed by atoms with van der Waals surface area (Å²) in [7, 11) is 1.64. The van der Waals surface area contributed by atoms with Gasteiger partial charge in [-0.05, 0) is 12.3 Å². The largest absolute Gasteiger partial charge is 0.383 e. The molecule has 1 amide bonds. The van der Waals surface area contributed by atoms with Gasteiger partial charge in [0.05, 0.1) is 18.7 Å². The van der Waals surface area contributed by atoms with Crippen LogP contribution in [-0.4, -0.2) is 31.7 Å². The van der Waals surface area contributed by atoms with E-state index >= 15 is 0 Å². The molecule has 0 aliphatic rings. The van der Waals surface area contributed by atoms with E-state index in [1.54, 1.807) is 7.11 Å². The third-order valence-electron chi connectivity index (χ3n) is 2.68. The minimum Gasteiger partial charge on any atom is -0.383 e. The summed E-state index contributed by atoms with van der Waals surface area (Å²) in [5.74, 6) is 0.284. The van der Waals surface area contributed by atoms with Crippen molar-refractivity contribution in [3.8, 4) is 0 Å². The van der Waals surface area contributed by atoms with Crippen molar-refractivity contribution in [1.29, 1.82) is 0 Å². The lowest BCUT2D eigenvalue weighted by Crippen LogP contribution is -2.48. The molecule has 0 radical (unpaired) electrons. The zero-order chi connectivity index (χ0) is 12.6. The Morgan fingerprint density at radius 3 is 2.50 bits per heavy atom. The highest BCUT2D eigenvalue weighted by molar-refractivity contribution is 5.81. The highest BCUT2D eigenvalue weighted by Crippen LogP contribution is 2.04. The predicted molar refractivity (Wildman–Crippen MR) is 66.1 cm³/mol. The SMILES string of the molecule is CCCCC(N)C(=O)NC(COC)C(C)C. The number of hydrogen-bond acceptors (Lipinski definition) is 3. The molecule has 0 rings (SSSR count). The minimum absolute atomic E-state index is 0.0465. The maximum Gasteiger partial charge on any atom is 0.237 e. The summed E-state index contributed by atoms with van der Waals surface area (Å²) in [4.78, 5) is 11.7. The Kier molecular flexibility index (Phi) is 8.21. The van der Waals surface area contributed by atoms with Gasteiger partial charge < -0.3 is 15.8 Å². The molecule has 16 heavy (non-hydrogen) atoms. The highest BCUT2D eigenvalue weighted by Gasteiger charge is 2.19. The fourth-order valence-electron chi connectivity index (χ4n) is 1.43. The fourth-order valence-corrected chi connectivity index (χ4v) is 1.43. The molecule has 0 aliphatic heterocycles. The van der Waals surface area contributed by atoms with E-state index < -0.39 is 6.04 Å². The van der Waals surface area contributed by atoms with E-state index in [0.29, 0.717) is 12.5 Å².